The molecule has 0 aromatic carbocycles. The van der Waals surface area contributed by atoms with E-state index in [1.54, 1.807) is 0 Å². The zero-order valence-corrected chi connectivity index (χ0v) is 13.8. The summed E-state index contributed by atoms with van der Waals surface area (Å²) in [6.45, 7) is 11.2. The maximum Gasteiger partial charge on any atom is 0.0593 e. The molecule has 2 aliphatic rings. The van der Waals surface area contributed by atoms with Crippen LogP contribution in [0.1, 0.15) is 65.7 Å². The molecule has 2 aliphatic heterocycles. The van der Waals surface area contributed by atoms with Crippen molar-refractivity contribution in [2.45, 2.75) is 77.4 Å². The third kappa shape index (κ3) is 3.37. The summed E-state index contributed by atoms with van der Waals surface area (Å²) in [7, 11) is 0. The zero-order chi connectivity index (χ0) is 14.6. The largest absolute Gasteiger partial charge is 0.378 e. The molecule has 0 aliphatic carbocycles. The number of piperidine rings is 1. The van der Waals surface area contributed by atoms with Crippen molar-refractivity contribution in [3.8, 4) is 0 Å². The van der Waals surface area contributed by atoms with E-state index >= 15 is 0 Å². The number of hydrogen-bond donors (Lipinski definition) is 1. The fraction of sp³-hybridized carbons (Fsp3) is 1.00. The molecule has 0 radical (unpaired) electrons. The first-order valence-electron chi connectivity index (χ1n) is 8.64. The lowest BCUT2D eigenvalue weighted by Gasteiger charge is -2.52. The quantitative estimate of drug-likeness (QED) is 0.841. The molecular formula is C17H34N2O. The number of ether oxygens (including phenoxy) is 1. The van der Waals surface area contributed by atoms with E-state index in [1.165, 1.54) is 45.2 Å². The number of rotatable bonds is 5. The summed E-state index contributed by atoms with van der Waals surface area (Å²) >= 11 is 0. The normalized spacial score (nSPS) is 35.1. The molecule has 2 fully saturated rings. The van der Waals surface area contributed by atoms with Crippen LogP contribution >= 0.6 is 0 Å². The summed E-state index contributed by atoms with van der Waals surface area (Å²) in [4.78, 5) is 2.70. The van der Waals surface area contributed by atoms with Gasteiger partial charge in [-0.1, -0.05) is 33.6 Å². The minimum atomic E-state index is 0.215. The van der Waals surface area contributed by atoms with E-state index in [4.69, 9.17) is 10.5 Å². The van der Waals surface area contributed by atoms with Gasteiger partial charge in [0.2, 0.25) is 0 Å². The second-order valence-electron chi connectivity index (χ2n) is 7.32. The Morgan fingerprint density at radius 1 is 1.20 bits per heavy atom. The van der Waals surface area contributed by atoms with Crippen LogP contribution in [0.4, 0.5) is 0 Å². The Labute approximate surface area is 125 Å². The third-order valence-corrected chi connectivity index (χ3v) is 6.01. The molecule has 20 heavy (non-hydrogen) atoms. The molecule has 0 spiro atoms. The van der Waals surface area contributed by atoms with Crippen LogP contribution in [-0.4, -0.2) is 42.8 Å². The van der Waals surface area contributed by atoms with Gasteiger partial charge in [-0.05, 0) is 50.6 Å². The van der Waals surface area contributed by atoms with Gasteiger partial charge in [0.25, 0.3) is 0 Å². The zero-order valence-electron chi connectivity index (χ0n) is 13.8. The van der Waals surface area contributed by atoms with Gasteiger partial charge in [0.15, 0.2) is 0 Å². The van der Waals surface area contributed by atoms with Crippen molar-refractivity contribution in [1.82, 2.24) is 4.90 Å². The van der Waals surface area contributed by atoms with Gasteiger partial charge < -0.3 is 10.5 Å². The van der Waals surface area contributed by atoms with Gasteiger partial charge in [-0.15, -0.1) is 0 Å². The second-order valence-corrected chi connectivity index (χ2v) is 7.32. The van der Waals surface area contributed by atoms with Crippen molar-refractivity contribution in [3.63, 3.8) is 0 Å². The summed E-state index contributed by atoms with van der Waals surface area (Å²) in [5.41, 5.74) is 7.00. The number of nitrogens with two attached hydrogens (primary N) is 1. The molecule has 118 valence electrons. The highest BCUT2D eigenvalue weighted by Crippen LogP contribution is 2.39. The van der Waals surface area contributed by atoms with E-state index in [2.05, 4.69) is 25.7 Å². The van der Waals surface area contributed by atoms with Gasteiger partial charge in [-0.25, -0.2) is 0 Å². The monoisotopic (exact) mass is 282 g/mol. The predicted octanol–water partition coefficient (Wildman–Crippen LogP) is 3.18. The smallest absolute Gasteiger partial charge is 0.0593 e. The van der Waals surface area contributed by atoms with E-state index in [1.807, 2.05) is 0 Å². The Bertz CT molecular complexity index is 297. The van der Waals surface area contributed by atoms with Crippen molar-refractivity contribution >= 4 is 0 Å². The van der Waals surface area contributed by atoms with Crippen molar-refractivity contribution in [1.29, 1.82) is 0 Å². The summed E-state index contributed by atoms with van der Waals surface area (Å²) < 4.78 is 5.95. The minimum Gasteiger partial charge on any atom is -0.378 e. The summed E-state index contributed by atoms with van der Waals surface area (Å²) in [6, 6.07) is 0. The molecule has 0 aromatic heterocycles. The predicted molar refractivity (Wildman–Crippen MR) is 84.9 cm³/mol. The first-order chi connectivity index (χ1) is 9.57. The van der Waals surface area contributed by atoms with E-state index in [0.29, 0.717) is 11.5 Å². The standard InChI is InChI=1S/C17H34N2O/c1-4-6-15-13-17(14-18,9-12-20-15)19-10-7-16(3,5-2)8-11-19/h15H,4-14,18H2,1-3H3. The Hall–Kier alpha value is -0.120. The van der Waals surface area contributed by atoms with Gasteiger partial charge in [-0.2, -0.15) is 0 Å². The highest BCUT2D eigenvalue weighted by molar-refractivity contribution is 4.99. The van der Waals surface area contributed by atoms with Gasteiger partial charge in [0, 0.05) is 18.7 Å². The minimum absolute atomic E-state index is 0.215. The molecule has 2 saturated heterocycles. The van der Waals surface area contributed by atoms with Crippen LogP contribution in [-0.2, 0) is 4.74 Å². The average molecular weight is 282 g/mol. The summed E-state index contributed by atoms with van der Waals surface area (Å²) in [5, 5.41) is 0. The van der Waals surface area contributed by atoms with Crippen LogP contribution in [0, 0.1) is 5.41 Å². The molecule has 2 heterocycles. The first-order valence-corrected chi connectivity index (χ1v) is 8.64. The maximum absolute atomic E-state index is 6.23. The van der Waals surface area contributed by atoms with Crippen molar-refractivity contribution < 1.29 is 4.74 Å². The molecule has 2 unspecified atom stereocenters. The number of hydrogen-bond acceptors (Lipinski definition) is 3. The highest BCUT2D eigenvalue weighted by Gasteiger charge is 2.43. The Balaban J connectivity index is 2.00. The van der Waals surface area contributed by atoms with Crippen LogP contribution in [0.15, 0.2) is 0 Å². The van der Waals surface area contributed by atoms with E-state index in [0.717, 1.165) is 26.0 Å². The lowest BCUT2D eigenvalue weighted by molar-refractivity contribution is -0.0870. The van der Waals surface area contributed by atoms with E-state index < -0.39 is 0 Å². The Morgan fingerprint density at radius 3 is 2.45 bits per heavy atom. The molecule has 3 heteroatoms. The molecule has 0 saturated carbocycles. The van der Waals surface area contributed by atoms with Crippen LogP contribution in [0.5, 0.6) is 0 Å². The Kier molecular flexibility index (Phi) is 5.49. The SMILES string of the molecule is CCCC1CC(CN)(N2CCC(C)(CC)CC2)CCO1. The molecule has 3 nitrogen and oxygen atoms in total. The van der Waals surface area contributed by atoms with Crippen LogP contribution < -0.4 is 5.73 Å². The lowest BCUT2D eigenvalue weighted by Crippen LogP contribution is -2.61. The van der Waals surface area contributed by atoms with E-state index in [9.17, 15) is 0 Å². The first kappa shape index (κ1) is 16.3. The molecular weight excluding hydrogens is 248 g/mol. The van der Waals surface area contributed by atoms with Crippen molar-refractivity contribution in [2.24, 2.45) is 11.1 Å². The summed E-state index contributed by atoms with van der Waals surface area (Å²) in [5.74, 6) is 0. The lowest BCUT2D eigenvalue weighted by atomic mass is 9.75. The maximum atomic E-state index is 6.23. The number of likely N-dealkylation sites (tertiary alicyclic amines) is 1. The number of nitrogens with zero attached hydrogens (tertiary/aromatic N) is 1. The van der Waals surface area contributed by atoms with Crippen molar-refractivity contribution in [2.75, 3.05) is 26.2 Å². The topological polar surface area (TPSA) is 38.5 Å². The van der Waals surface area contributed by atoms with Gasteiger partial charge in [0.1, 0.15) is 0 Å². The molecule has 2 N–H and O–H groups in total. The van der Waals surface area contributed by atoms with Crippen LogP contribution in [0.3, 0.4) is 0 Å². The fourth-order valence-electron chi connectivity index (χ4n) is 3.98. The molecule has 2 atom stereocenters. The second kappa shape index (κ2) is 6.76. The van der Waals surface area contributed by atoms with Gasteiger partial charge in [-0.3, -0.25) is 4.90 Å². The highest BCUT2D eigenvalue weighted by atomic mass is 16.5. The molecule has 2 rings (SSSR count). The summed E-state index contributed by atoms with van der Waals surface area (Å²) in [6.07, 6.45) is 9.03. The van der Waals surface area contributed by atoms with E-state index in [-0.39, 0.29) is 5.54 Å². The van der Waals surface area contributed by atoms with Gasteiger partial charge in [0.05, 0.1) is 6.10 Å². The van der Waals surface area contributed by atoms with Crippen LogP contribution in [0.25, 0.3) is 0 Å². The molecule has 0 aromatic rings. The fourth-order valence-corrected chi connectivity index (χ4v) is 3.98. The average Bonchev–Trinajstić information content (AvgIpc) is 2.48. The van der Waals surface area contributed by atoms with Crippen molar-refractivity contribution in [3.05, 3.63) is 0 Å². The third-order valence-electron chi connectivity index (χ3n) is 6.01. The van der Waals surface area contributed by atoms with Gasteiger partial charge >= 0.3 is 0 Å². The Morgan fingerprint density at radius 2 is 1.90 bits per heavy atom. The molecule has 0 amide bonds. The molecule has 0 bridgehead atoms. The van der Waals surface area contributed by atoms with Crippen LogP contribution in [0.2, 0.25) is 0 Å².